The van der Waals surface area contributed by atoms with E-state index in [0.717, 1.165) is 11.8 Å². The monoisotopic (exact) mass is 163 g/mol. The summed E-state index contributed by atoms with van der Waals surface area (Å²) >= 11 is 0. The van der Waals surface area contributed by atoms with Crippen LogP contribution in [0, 0.1) is 40.9 Å². The smallest absolute Gasteiger partial charge is 0.312 e. The number of carboxylic acid groups (broad SMARTS) is 1. The second kappa shape index (κ2) is 0.882. The molecule has 0 aromatic heterocycles. The molecule has 0 aromatic rings. The van der Waals surface area contributed by atoms with E-state index < -0.39 is 11.4 Å². The van der Waals surface area contributed by atoms with E-state index in [2.05, 4.69) is 0 Å². The summed E-state index contributed by atoms with van der Waals surface area (Å²) in [5.74, 6) is 3.39. The van der Waals surface area contributed by atoms with Crippen molar-refractivity contribution in [3.63, 3.8) is 0 Å². The molecule has 62 valence electrons. The Balaban J connectivity index is 1.80. The molecular weight excluding hydrogens is 154 g/mol. The number of hydrogen-bond acceptors (Lipinski definition) is 2. The maximum Gasteiger partial charge on any atom is 0.312 e. The minimum absolute atomic E-state index is 0.215. The molecule has 6 saturated carbocycles. The molecule has 0 aliphatic heterocycles. The summed E-state index contributed by atoms with van der Waals surface area (Å²) in [4.78, 5) is 11.1. The summed E-state index contributed by atoms with van der Waals surface area (Å²) in [5.41, 5.74) is 5.52. The summed E-state index contributed by atoms with van der Waals surface area (Å²) in [7, 11) is 0. The number of hydrogen-bond donors (Lipinski definition) is 2. The van der Waals surface area contributed by atoms with Crippen LogP contribution < -0.4 is 5.73 Å². The SMILES string of the molecule is NC12C3C4C5C3C1(C(=O)O)C5C42. The zero-order valence-electron chi connectivity index (χ0n) is 6.40. The number of carbonyl (C=O) groups is 1. The summed E-state index contributed by atoms with van der Waals surface area (Å²) in [5, 5.41) is 9.15. The van der Waals surface area contributed by atoms with Crippen LogP contribution in [0.1, 0.15) is 0 Å². The number of rotatable bonds is 1. The van der Waals surface area contributed by atoms with E-state index in [9.17, 15) is 4.79 Å². The van der Waals surface area contributed by atoms with Crippen molar-refractivity contribution in [2.45, 2.75) is 5.54 Å². The lowest BCUT2D eigenvalue weighted by Gasteiger charge is -3.09. The van der Waals surface area contributed by atoms with Gasteiger partial charge < -0.3 is 10.8 Å². The Labute approximate surface area is 68.9 Å². The van der Waals surface area contributed by atoms with E-state index in [1.54, 1.807) is 0 Å². The fourth-order valence-electron chi connectivity index (χ4n) is 6.09. The van der Waals surface area contributed by atoms with Crippen molar-refractivity contribution in [2.24, 2.45) is 46.7 Å². The van der Waals surface area contributed by atoms with Crippen molar-refractivity contribution in [3.8, 4) is 0 Å². The van der Waals surface area contributed by atoms with Crippen molar-refractivity contribution in [3.05, 3.63) is 0 Å². The van der Waals surface area contributed by atoms with E-state index in [0.29, 0.717) is 23.7 Å². The Morgan fingerprint density at radius 3 is 2.00 bits per heavy atom. The lowest BCUT2D eigenvalue weighted by molar-refractivity contribution is -0.604. The molecule has 6 aliphatic rings. The predicted octanol–water partition coefficient (Wildman–Crippen LogP) is -0.480. The van der Waals surface area contributed by atoms with Gasteiger partial charge in [-0.05, 0) is 35.5 Å². The molecule has 3 N–H and O–H groups in total. The summed E-state index contributed by atoms with van der Waals surface area (Å²) < 4.78 is 0. The van der Waals surface area contributed by atoms with Gasteiger partial charge in [-0.25, -0.2) is 0 Å². The van der Waals surface area contributed by atoms with E-state index in [-0.39, 0.29) is 5.54 Å². The predicted molar refractivity (Wildman–Crippen MR) is 37.9 cm³/mol. The molecule has 3 nitrogen and oxygen atoms in total. The third kappa shape index (κ3) is 0.152. The Kier molecular flexibility index (Phi) is 0.384. The van der Waals surface area contributed by atoms with Gasteiger partial charge in [0.05, 0.1) is 5.41 Å². The normalized spacial score (nSPS) is 88.1. The van der Waals surface area contributed by atoms with E-state index in [1.807, 2.05) is 0 Å². The summed E-state index contributed by atoms with van der Waals surface area (Å²) in [6.07, 6.45) is 0. The molecule has 4 atom stereocenters. The van der Waals surface area contributed by atoms with Crippen molar-refractivity contribution in [1.82, 2.24) is 0 Å². The summed E-state index contributed by atoms with van der Waals surface area (Å²) in [6.45, 7) is 0. The molecule has 0 amide bonds. The van der Waals surface area contributed by atoms with E-state index in [1.165, 1.54) is 0 Å². The van der Waals surface area contributed by atoms with Gasteiger partial charge in [-0.1, -0.05) is 0 Å². The molecule has 0 radical (unpaired) electrons. The Bertz CT molecular complexity index is 357. The highest BCUT2D eigenvalue weighted by Gasteiger charge is 3.11. The molecule has 0 aromatic carbocycles. The van der Waals surface area contributed by atoms with Gasteiger partial charge in [0.15, 0.2) is 0 Å². The van der Waals surface area contributed by atoms with Gasteiger partial charge in [-0.3, -0.25) is 4.79 Å². The zero-order valence-corrected chi connectivity index (χ0v) is 6.40. The molecule has 6 fully saturated rings. The quantitative estimate of drug-likeness (QED) is 0.548. The van der Waals surface area contributed by atoms with Crippen LogP contribution in [-0.4, -0.2) is 16.6 Å². The van der Waals surface area contributed by atoms with Gasteiger partial charge in [0.1, 0.15) is 0 Å². The Morgan fingerprint density at radius 1 is 1.17 bits per heavy atom. The van der Waals surface area contributed by atoms with Gasteiger partial charge in [-0.15, -0.1) is 0 Å². The minimum Gasteiger partial charge on any atom is -0.481 e. The van der Waals surface area contributed by atoms with Gasteiger partial charge >= 0.3 is 5.97 Å². The van der Waals surface area contributed by atoms with Crippen LogP contribution in [0.4, 0.5) is 0 Å². The van der Waals surface area contributed by atoms with Crippen LogP contribution in [0.3, 0.4) is 0 Å². The van der Waals surface area contributed by atoms with Crippen LogP contribution in [-0.2, 0) is 4.79 Å². The van der Waals surface area contributed by atoms with Gasteiger partial charge in [0.2, 0.25) is 0 Å². The average molecular weight is 163 g/mol. The van der Waals surface area contributed by atoms with Crippen LogP contribution in [0.15, 0.2) is 0 Å². The van der Waals surface area contributed by atoms with Crippen molar-refractivity contribution in [2.75, 3.05) is 0 Å². The second-order valence-corrected chi connectivity index (χ2v) is 5.37. The highest BCUT2D eigenvalue weighted by molar-refractivity contribution is 5.89. The third-order valence-corrected chi connectivity index (χ3v) is 6.10. The third-order valence-electron chi connectivity index (χ3n) is 6.10. The standard InChI is InChI=1S/C9H9NO2/c10-9-5-2-1-3(5)8(9,7(11)12)4(1)6(2)9/h1-6H,10H2,(H,11,12). The van der Waals surface area contributed by atoms with E-state index >= 15 is 0 Å². The topological polar surface area (TPSA) is 63.3 Å². The maximum atomic E-state index is 11.1. The molecule has 0 bridgehead atoms. The highest BCUT2D eigenvalue weighted by atomic mass is 16.4. The number of aliphatic carboxylic acids is 1. The first-order chi connectivity index (χ1) is 5.68. The van der Waals surface area contributed by atoms with Crippen LogP contribution in [0.5, 0.6) is 0 Å². The second-order valence-electron chi connectivity index (χ2n) is 5.37. The summed E-state index contributed by atoms with van der Waals surface area (Å²) in [6, 6.07) is 0. The molecule has 0 spiro atoms. The molecule has 6 rings (SSSR count). The Morgan fingerprint density at radius 2 is 1.67 bits per heavy atom. The van der Waals surface area contributed by atoms with Crippen LogP contribution in [0.25, 0.3) is 0 Å². The highest BCUT2D eigenvalue weighted by Crippen LogP contribution is 3.06. The minimum atomic E-state index is -0.595. The fraction of sp³-hybridized carbons (Fsp3) is 0.889. The van der Waals surface area contributed by atoms with Crippen molar-refractivity contribution >= 4 is 5.97 Å². The maximum absolute atomic E-state index is 11.1. The first-order valence-corrected chi connectivity index (χ1v) is 4.70. The first kappa shape index (κ1) is 5.22. The van der Waals surface area contributed by atoms with Gasteiger partial charge in [-0.2, -0.15) is 0 Å². The molecule has 0 saturated heterocycles. The Hall–Kier alpha value is -0.570. The molecule has 6 aliphatic carbocycles. The van der Waals surface area contributed by atoms with Crippen LogP contribution >= 0.6 is 0 Å². The number of nitrogens with two attached hydrogens (primary N) is 1. The molecule has 0 heterocycles. The van der Waals surface area contributed by atoms with Gasteiger partial charge in [0.25, 0.3) is 0 Å². The number of carboxylic acids is 1. The van der Waals surface area contributed by atoms with Gasteiger partial charge in [0, 0.05) is 5.54 Å². The fourth-order valence-corrected chi connectivity index (χ4v) is 6.09. The average Bonchev–Trinajstić information content (AvgIpc) is 2.03. The lowest BCUT2D eigenvalue weighted by Crippen LogP contribution is -3.16. The molecular formula is C9H9NO2. The molecule has 4 unspecified atom stereocenters. The van der Waals surface area contributed by atoms with E-state index in [4.69, 9.17) is 10.8 Å². The van der Waals surface area contributed by atoms with Crippen LogP contribution in [0.2, 0.25) is 0 Å². The molecule has 3 heteroatoms. The lowest BCUT2D eigenvalue weighted by atomic mass is 8.94. The van der Waals surface area contributed by atoms with Crippen molar-refractivity contribution in [1.29, 1.82) is 0 Å². The largest absolute Gasteiger partial charge is 0.481 e. The first-order valence-electron chi connectivity index (χ1n) is 4.70. The van der Waals surface area contributed by atoms with Crippen molar-refractivity contribution < 1.29 is 9.90 Å². The molecule has 12 heavy (non-hydrogen) atoms. The zero-order chi connectivity index (χ0) is 8.04.